The summed E-state index contributed by atoms with van der Waals surface area (Å²) in [5.41, 5.74) is 3.81. The van der Waals surface area contributed by atoms with Crippen LogP contribution in [0.3, 0.4) is 0 Å². The molecular weight excluding hydrogens is 893 g/mol. The highest BCUT2D eigenvalue weighted by Crippen LogP contribution is 2.38. The first kappa shape index (κ1) is 51.4. The molecule has 0 bridgehead atoms. The first-order valence-electron chi connectivity index (χ1n) is 21.9. The van der Waals surface area contributed by atoms with Gasteiger partial charge in [0.15, 0.2) is 0 Å². The molecule has 4 aromatic rings. The van der Waals surface area contributed by atoms with Gasteiger partial charge in [-0.2, -0.15) is 0 Å². The van der Waals surface area contributed by atoms with Crippen molar-refractivity contribution >= 4 is 64.8 Å². The lowest BCUT2D eigenvalue weighted by molar-refractivity contribution is -0.143. The Morgan fingerprint density at radius 3 is 2.11 bits per heavy atom. The van der Waals surface area contributed by atoms with E-state index in [9.17, 15) is 24.0 Å². The molecule has 346 valence electrons. The van der Waals surface area contributed by atoms with E-state index in [-0.39, 0.29) is 41.8 Å². The van der Waals surface area contributed by atoms with Gasteiger partial charge in [-0.05, 0) is 115 Å². The molecule has 3 aromatic carbocycles. The van der Waals surface area contributed by atoms with Crippen LogP contribution in [0.5, 0.6) is 5.75 Å². The van der Waals surface area contributed by atoms with Gasteiger partial charge in [0.1, 0.15) is 17.8 Å². The number of allylic oxidation sites excluding steroid dienone is 2. The summed E-state index contributed by atoms with van der Waals surface area (Å²) in [5.74, 6) is -1.83. The van der Waals surface area contributed by atoms with E-state index < -0.39 is 50.1 Å². The Hall–Kier alpha value is -5.21. The van der Waals surface area contributed by atoms with E-state index in [0.29, 0.717) is 34.3 Å². The third-order valence-electron chi connectivity index (χ3n) is 12.0. The molecule has 3 N–H and O–H groups in total. The van der Waals surface area contributed by atoms with Crippen molar-refractivity contribution in [3.05, 3.63) is 112 Å². The zero-order chi connectivity index (χ0) is 47.5. The molecule has 3 amide bonds. The molecule has 0 aliphatic carbocycles. The summed E-state index contributed by atoms with van der Waals surface area (Å²) in [6.07, 6.45) is 2.80. The number of hydrogen-bond donors (Lipinski definition) is 3. The zero-order valence-electron chi connectivity index (χ0n) is 39.5. The quantitative estimate of drug-likeness (QED) is 0.0449. The predicted octanol–water partition coefficient (Wildman–Crippen LogP) is 9.85. The van der Waals surface area contributed by atoms with Gasteiger partial charge >= 0.3 is 11.9 Å². The molecule has 0 saturated carbocycles. The van der Waals surface area contributed by atoms with Gasteiger partial charge in [0.25, 0.3) is 0 Å². The number of aromatic nitrogens is 1. The lowest BCUT2D eigenvalue weighted by Gasteiger charge is -2.36. The number of rotatable bonds is 20. The summed E-state index contributed by atoms with van der Waals surface area (Å²) in [6.45, 7) is 20.1. The Labute approximate surface area is 388 Å². The molecule has 64 heavy (non-hydrogen) atoms. The van der Waals surface area contributed by atoms with E-state index in [1.165, 1.54) is 12.0 Å². The lowest BCUT2D eigenvalue weighted by atomic mass is 9.95. The first-order chi connectivity index (χ1) is 30.0. The highest BCUT2D eigenvalue weighted by Gasteiger charge is 2.39. The summed E-state index contributed by atoms with van der Waals surface area (Å²) in [5, 5.41) is 6.81. The van der Waals surface area contributed by atoms with Crippen molar-refractivity contribution < 1.29 is 37.9 Å². The number of carbonyl (C=O) groups is 5. The number of carbonyl (C=O) groups excluding carboxylic acids is 5. The number of halogens is 1. The average molecular weight is 960 g/mol. The molecule has 4 rings (SSSR count). The fourth-order valence-corrected chi connectivity index (χ4v) is 9.04. The smallest absolute Gasteiger partial charge is 0.338 e. The molecule has 1 heterocycles. The normalized spacial score (nSPS) is 14.9. The Bertz CT molecular complexity index is 2270. The molecule has 0 unspecified atom stereocenters. The van der Waals surface area contributed by atoms with Crippen LogP contribution in [0.2, 0.25) is 18.1 Å². The van der Waals surface area contributed by atoms with E-state index in [1.807, 2.05) is 75.4 Å². The maximum absolute atomic E-state index is 14.6. The first-order valence-corrected chi connectivity index (χ1v) is 25.6. The van der Waals surface area contributed by atoms with E-state index in [0.717, 1.165) is 22.0 Å². The topological polar surface area (TPSA) is 156 Å². The van der Waals surface area contributed by atoms with Gasteiger partial charge in [0.2, 0.25) is 26.0 Å². The molecule has 12 nitrogen and oxygen atoms in total. The maximum atomic E-state index is 14.6. The zero-order valence-corrected chi connectivity index (χ0v) is 42.1. The number of esters is 2. The Balaban J connectivity index is 1.50. The Morgan fingerprint density at radius 1 is 0.859 bits per heavy atom. The molecule has 0 radical (unpaired) electrons. The van der Waals surface area contributed by atoms with Crippen LogP contribution in [0.4, 0.5) is 0 Å². The van der Waals surface area contributed by atoms with Gasteiger partial charge < -0.3 is 34.4 Å². The minimum atomic E-state index is -2.13. The summed E-state index contributed by atoms with van der Waals surface area (Å²) < 4.78 is 17.8. The summed E-state index contributed by atoms with van der Waals surface area (Å²) in [4.78, 5) is 72.4. The molecule has 0 spiro atoms. The molecule has 6 atom stereocenters. The number of ether oxygens (including phenoxy) is 2. The largest absolute Gasteiger partial charge is 0.544 e. The van der Waals surface area contributed by atoms with Crippen molar-refractivity contribution in [2.75, 3.05) is 14.2 Å². The van der Waals surface area contributed by atoms with Crippen molar-refractivity contribution in [1.29, 1.82) is 0 Å². The standard InChI is InChI=1S/C50H67BrN4O8Si/c1-31(26-32(2)28-34(4)62-49(60)37-18-14-13-15-19-37)27-33(3)46(57)52-35(5)48(59)55(9)43(29-40-39-20-16-17-21-41(39)53-45(40)51)47(58)54-42(30-44(56)61-10)36-22-24-38(25-23-36)63-64(11,12)50(6,7)8/h13-26,32-35,42-43,53H,27-30H2,1-12H3,(H,52,57)(H,54,58)/b31-26+/t32-,33-,34-,35-,42+,43+/m0/s1. The summed E-state index contributed by atoms with van der Waals surface area (Å²) in [7, 11) is 0.719. The molecule has 0 saturated heterocycles. The van der Waals surface area contributed by atoms with Crippen LogP contribution in [-0.4, -0.2) is 80.2 Å². The van der Waals surface area contributed by atoms with Crippen LogP contribution in [-0.2, 0) is 35.1 Å². The van der Waals surface area contributed by atoms with Crippen LogP contribution in [0.15, 0.2) is 95.1 Å². The molecule has 0 aliphatic heterocycles. The monoisotopic (exact) mass is 958 g/mol. The molecule has 1 aromatic heterocycles. The fraction of sp³-hybridized carbons (Fsp3) is 0.460. The van der Waals surface area contributed by atoms with Gasteiger partial charge in [-0.1, -0.05) is 94.8 Å². The third-order valence-corrected chi connectivity index (χ3v) is 17.1. The van der Waals surface area contributed by atoms with Crippen LogP contribution in [0, 0.1) is 11.8 Å². The molecule has 14 heteroatoms. The van der Waals surface area contributed by atoms with Crippen molar-refractivity contribution in [2.45, 2.75) is 123 Å². The number of fused-ring (bicyclic) bond motifs is 1. The second-order valence-corrected chi connectivity index (χ2v) is 24.1. The number of nitrogens with one attached hydrogen (secondary N) is 3. The highest BCUT2D eigenvalue weighted by molar-refractivity contribution is 9.10. The summed E-state index contributed by atoms with van der Waals surface area (Å²) in [6, 6.07) is 21.1. The van der Waals surface area contributed by atoms with Gasteiger partial charge in [-0.3, -0.25) is 19.2 Å². The SMILES string of the molecule is COC(=O)C[C@@H](NC(=O)[C@@H](Cc1c(Br)[nH]c2ccccc12)N(C)C(=O)[C@H](C)NC(=O)[C@@H](C)C/C(C)=C/[C@H](C)C[C@H](C)OC(=O)c1ccccc1)c1ccc(O[Si](C)(C)C(C)(C)C)cc1. The molecule has 0 fully saturated rings. The third kappa shape index (κ3) is 14.1. The molecular formula is C50H67BrN4O8Si. The number of hydrogen-bond acceptors (Lipinski definition) is 8. The van der Waals surface area contributed by atoms with Crippen LogP contribution in [0.1, 0.15) is 102 Å². The minimum absolute atomic E-state index is 0.0113. The van der Waals surface area contributed by atoms with Crippen molar-refractivity contribution in [3.8, 4) is 5.75 Å². The van der Waals surface area contributed by atoms with Gasteiger partial charge in [-0.15, -0.1) is 0 Å². The van der Waals surface area contributed by atoms with Gasteiger partial charge in [0, 0.05) is 30.3 Å². The number of nitrogens with zero attached hydrogens (tertiary/aromatic N) is 1. The minimum Gasteiger partial charge on any atom is -0.544 e. The maximum Gasteiger partial charge on any atom is 0.338 e. The Morgan fingerprint density at radius 2 is 1.48 bits per heavy atom. The van der Waals surface area contributed by atoms with E-state index in [1.54, 1.807) is 45.2 Å². The fourth-order valence-electron chi connectivity index (χ4n) is 7.42. The van der Waals surface area contributed by atoms with E-state index in [2.05, 4.69) is 71.5 Å². The number of methoxy groups -OCH3 is 1. The van der Waals surface area contributed by atoms with Crippen molar-refractivity contribution in [1.82, 2.24) is 20.5 Å². The predicted molar refractivity (Wildman–Crippen MR) is 258 cm³/mol. The van der Waals surface area contributed by atoms with Crippen LogP contribution in [0.25, 0.3) is 10.9 Å². The number of likely N-dealkylation sites (N-methyl/N-ethyl adjacent to an activating group) is 1. The Kier molecular flexibility index (Phi) is 18.2. The number of aromatic amines is 1. The molecule has 0 aliphatic rings. The number of benzene rings is 3. The number of amides is 3. The second kappa shape index (κ2) is 22.6. The van der Waals surface area contributed by atoms with Crippen molar-refractivity contribution in [2.24, 2.45) is 11.8 Å². The van der Waals surface area contributed by atoms with E-state index >= 15 is 0 Å². The number of para-hydroxylation sites is 1. The van der Waals surface area contributed by atoms with Crippen molar-refractivity contribution in [3.63, 3.8) is 0 Å². The lowest BCUT2D eigenvalue weighted by Crippen LogP contribution is -2.55. The van der Waals surface area contributed by atoms with Gasteiger partial charge in [0.05, 0.1) is 35.8 Å². The van der Waals surface area contributed by atoms with Crippen LogP contribution < -0.4 is 15.1 Å². The van der Waals surface area contributed by atoms with Gasteiger partial charge in [-0.25, -0.2) is 4.79 Å². The average Bonchev–Trinajstić information content (AvgIpc) is 3.55. The number of H-pyrrole nitrogens is 1. The highest BCUT2D eigenvalue weighted by atomic mass is 79.9. The second-order valence-electron chi connectivity index (χ2n) is 18.5. The van der Waals surface area contributed by atoms with Crippen LogP contribution >= 0.6 is 15.9 Å². The summed E-state index contributed by atoms with van der Waals surface area (Å²) >= 11 is 3.64. The van der Waals surface area contributed by atoms with E-state index in [4.69, 9.17) is 13.9 Å².